The van der Waals surface area contributed by atoms with Crippen LogP contribution < -0.4 is 14.5 Å². The van der Waals surface area contributed by atoms with E-state index in [0.29, 0.717) is 12.4 Å². The minimum Gasteiger partial charge on any atom is -0.453 e. The predicted molar refractivity (Wildman–Crippen MR) is 241 cm³/mol. The normalized spacial score (nSPS) is 13.4. The Morgan fingerprint density at radius 2 is 1.28 bits per heavy atom. The van der Waals surface area contributed by atoms with E-state index < -0.39 is 0 Å². The van der Waals surface area contributed by atoms with Crippen molar-refractivity contribution in [3.63, 3.8) is 0 Å². The van der Waals surface area contributed by atoms with Crippen LogP contribution in [-0.2, 0) is 10.8 Å². The highest BCUT2D eigenvalue weighted by Gasteiger charge is 2.31. The fourth-order valence-electron chi connectivity index (χ4n) is 8.93. The molecule has 0 spiro atoms. The number of anilines is 4. The Kier molecular flexibility index (Phi) is 8.04. The molecule has 9 aromatic rings. The number of nitrogens with zero attached hydrogens (tertiary/aromatic N) is 4. The van der Waals surface area contributed by atoms with Crippen LogP contribution in [0.5, 0.6) is 11.5 Å². The molecule has 0 saturated carbocycles. The van der Waals surface area contributed by atoms with E-state index in [9.17, 15) is 0 Å². The molecule has 3 aromatic heterocycles. The highest BCUT2D eigenvalue weighted by molar-refractivity contribution is 6.28. The van der Waals surface area contributed by atoms with Gasteiger partial charge in [-0.15, -0.1) is 0 Å². The molecule has 0 bridgehead atoms. The van der Waals surface area contributed by atoms with Crippen LogP contribution in [0, 0.1) is 13.8 Å². The third-order valence-electron chi connectivity index (χ3n) is 11.8. The number of aromatic nitrogens is 2. The number of ether oxygens (including phenoxy) is 1. The van der Waals surface area contributed by atoms with Crippen LogP contribution in [0.1, 0.15) is 63.8 Å². The van der Waals surface area contributed by atoms with Crippen LogP contribution >= 0.6 is 0 Å². The molecule has 6 aromatic carbocycles. The van der Waals surface area contributed by atoms with Crippen LogP contribution in [0.15, 0.2) is 138 Å². The van der Waals surface area contributed by atoms with Crippen molar-refractivity contribution in [2.45, 2.75) is 66.2 Å². The Bertz CT molecular complexity index is 3060. The fourth-order valence-corrected chi connectivity index (χ4v) is 8.93. The van der Waals surface area contributed by atoms with Crippen LogP contribution in [0.25, 0.3) is 49.6 Å². The Morgan fingerprint density at radius 3 is 2.02 bits per heavy atom. The van der Waals surface area contributed by atoms with Gasteiger partial charge in [0.2, 0.25) is 0 Å². The van der Waals surface area contributed by atoms with Gasteiger partial charge in [-0.05, 0) is 95.5 Å². The summed E-state index contributed by atoms with van der Waals surface area (Å²) in [5.41, 5.74) is 13.5. The summed E-state index contributed by atoms with van der Waals surface area (Å²) in [6.45, 7) is 18.7. The largest absolute Gasteiger partial charge is 0.453 e. The molecule has 0 atom stereocenters. The molecule has 0 amide bonds. The zero-order valence-corrected chi connectivity index (χ0v) is 34.5. The number of hydrogen-bond donors (Lipinski definition) is 0. The smallest absolute Gasteiger partial charge is 0.178 e. The molecule has 10 rings (SSSR count). The van der Waals surface area contributed by atoms with Crippen molar-refractivity contribution in [3.05, 3.63) is 156 Å². The summed E-state index contributed by atoms with van der Waals surface area (Å²) in [6.07, 6.45) is 1.92. The third-order valence-corrected chi connectivity index (χ3v) is 11.8. The first-order valence-corrected chi connectivity index (χ1v) is 20.2. The van der Waals surface area contributed by atoms with Crippen LogP contribution in [0.3, 0.4) is 0 Å². The summed E-state index contributed by atoms with van der Waals surface area (Å²) >= 11 is 0. The Labute approximate surface area is 339 Å². The maximum atomic E-state index is 7.01. The van der Waals surface area contributed by atoms with Crippen molar-refractivity contribution >= 4 is 66.5 Å². The van der Waals surface area contributed by atoms with Crippen LogP contribution in [0.2, 0.25) is 0 Å². The van der Waals surface area contributed by atoms with Gasteiger partial charge in [0.25, 0.3) is 0 Å². The molecule has 0 aliphatic carbocycles. The summed E-state index contributed by atoms with van der Waals surface area (Å²) in [5.74, 6) is 2.25. The minimum absolute atomic E-state index is 0.0365. The summed E-state index contributed by atoms with van der Waals surface area (Å²) in [7, 11) is 0. The Morgan fingerprint density at radius 1 is 0.603 bits per heavy atom. The van der Waals surface area contributed by atoms with E-state index in [1.165, 1.54) is 33.6 Å². The van der Waals surface area contributed by atoms with E-state index >= 15 is 0 Å². The average Bonchev–Trinajstić information content (AvgIpc) is 3.87. The number of fused-ring (bicyclic) bond motifs is 8. The second-order valence-electron chi connectivity index (χ2n) is 17.9. The molecule has 58 heavy (non-hydrogen) atoms. The van der Waals surface area contributed by atoms with Gasteiger partial charge in [-0.1, -0.05) is 108 Å². The molecule has 1 aliphatic heterocycles. The number of benzene rings is 6. The maximum absolute atomic E-state index is 7.01. The number of aryl methyl sites for hydroxylation is 2. The van der Waals surface area contributed by atoms with E-state index in [1.807, 2.05) is 24.4 Å². The van der Waals surface area contributed by atoms with Crippen LogP contribution in [-0.4, -0.2) is 16.2 Å². The quantitative estimate of drug-likeness (QED) is 0.175. The molecule has 0 unspecified atom stereocenters. The number of para-hydroxylation sites is 4. The molecule has 6 heteroatoms. The van der Waals surface area contributed by atoms with Crippen molar-refractivity contribution in [3.8, 4) is 17.3 Å². The van der Waals surface area contributed by atoms with Gasteiger partial charge in [0.05, 0.1) is 22.4 Å². The lowest BCUT2D eigenvalue weighted by atomic mass is 9.84. The molecule has 0 saturated heterocycles. The molecular formula is C52H48N4O2. The highest BCUT2D eigenvalue weighted by Crippen LogP contribution is 2.49. The Hall–Kier alpha value is -6.53. The highest BCUT2D eigenvalue weighted by atomic mass is 16.5. The molecule has 0 radical (unpaired) electrons. The first-order valence-electron chi connectivity index (χ1n) is 20.2. The SMILES string of the molecule is Cc1cc(C(C)(C)C)cc(C)c1N1CN(c2cccc(Oc3cc4c(c5ccccc5n4-c4cc(C(C)(C)C)ccn4)c4c3oc3ccccc34)c2)c2ccccc21. The van der Waals surface area contributed by atoms with E-state index in [-0.39, 0.29) is 10.8 Å². The number of hydrogen-bond acceptors (Lipinski definition) is 5. The number of pyridine rings is 1. The lowest BCUT2D eigenvalue weighted by Gasteiger charge is -2.28. The predicted octanol–water partition coefficient (Wildman–Crippen LogP) is 14.3. The molecule has 0 fully saturated rings. The molecule has 0 N–H and O–H groups in total. The monoisotopic (exact) mass is 760 g/mol. The van der Waals surface area contributed by atoms with Gasteiger partial charge in [-0.25, -0.2) is 4.98 Å². The summed E-state index contributed by atoms with van der Waals surface area (Å²) < 4.78 is 16.0. The second-order valence-corrected chi connectivity index (χ2v) is 17.9. The lowest BCUT2D eigenvalue weighted by molar-refractivity contribution is 0.477. The standard InChI is InChI=1S/C52H48N4O2/c1-32-26-35(52(6,7)8)27-33(2)49(32)55-31-54(41-21-12-13-22-42(41)55)36-16-15-17-37(29-36)57-45-30-43-47(48-39-19-10-14-23-44(39)58-50(45)48)38-18-9-11-20-40(38)56(43)46-28-34(24-25-53-46)51(3,4)5/h9-30H,31H2,1-8H3. The van der Waals surface area contributed by atoms with Crippen molar-refractivity contribution in [1.82, 2.24) is 9.55 Å². The van der Waals surface area contributed by atoms with Gasteiger partial charge in [0.15, 0.2) is 11.3 Å². The van der Waals surface area contributed by atoms with Crippen molar-refractivity contribution in [2.75, 3.05) is 16.5 Å². The topological polar surface area (TPSA) is 46.7 Å². The van der Waals surface area contributed by atoms with Gasteiger partial charge in [-0.3, -0.25) is 4.57 Å². The second kappa shape index (κ2) is 13.0. The number of furan rings is 1. The average molecular weight is 761 g/mol. The fraction of sp³-hybridized carbons (Fsp3) is 0.212. The Balaban J connectivity index is 1.11. The van der Waals surface area contributed by atoms with E-state index in [0.717, 1.165) is 66.7 Å². The molecule has 4 heterocycles. The van der Waals surface area contributed by atoms with Gasteiger partial charge in [-0.2, -0.15) is 0 Å². The summed E-state index contributed by atoms with van der Waals surface area (Å²) in [6, 6.07) is 45.2. The van der Waals surface area contributed by atoms with Gasteiger partial charge in [0, 0.05) is 51.2 Å². The van der Waals surface area contributed by atoms with Crippen molar-refractivity contribution < 1.29 is 9.15 Å². The maximum Gasteiger partial charge on any atom is 0.178 e. The first kappa shape index (κ1) is 35.9. The number of rotatable bonds is 5. The molecule has 288 valence electrons. The van der Waals surface area contributed by atoms with Gasteiger partial charge in [0.1, 0.15) is 23.8 Å². The van der Waals surface area contributed by atoms with Gasteiger partial charge < -0.3 is 19.0 Å². The van der Waals surface area contributed by atoms with E-state index in [4.69, 9.17) is 14.1 Å². The molecule has 1 aliphatic rings. The summed E-state index contributed by atoms with van der Waals surface area (Å²) in [4.78, 5) is 9.79. The van der Waals surface area contributed by atoms with Crippen molar-refractivity contribution in [1.29, 1.82) is 0 Å². The minimum atomic E-state index is -0.0365. The van der Waals surface area contributed by atoms with E-state index in [1.54, 1.807) is 0 Å². The van der Waals surface area contributed by atoms with Crippen molar-refractivity contribution in [2.24, 2.45) is 0 Å². The molecule has 6 nitrogen and oxygen atoms in total. The van der Waals surface area contributed by atoms with Crippen LogP contribution in [0.4, 0.5) is 22.7 Å². The third kappa shape index (κ3) is 5.73. The lowest BCUT2D eigenvalue weighted by Crippen LogP contribution is -2.25. The zero-order valence-electron chi connectivity index (χ0n) is 34.5. The van der Waals surface area contributed by atoms with E-state index in [2.05, 4.69) is 179 Å². The molecular weight excluding hydrogens is 713 g/mol. The zero-order chi connectivity index (χ0) is 40.1. The van der Waals surface area contributed by atoms with Gasteiger partial charge >= 0.3 is 0 Å². The summed E-state index contributed by atoms with van der Waals surface area (Å²) in [5, 5.41) is 4.35. The first-order chi connectivity index (χ1) is 27.8.